The minimum atomic E-state index is -3.18. The maximum Gasteiger partial charge on any atom is 0.209 e. The zero-order chi connectivity index (χ0) is 13.4. The Morgan fingerprint density at radius 1 is 1.44 bits per heavy atom. The molecule has 0 aromatic rings. The number of thioether (sulfide) groups is 1. The molecule has 0 amide bonds. The van der Waals surface area contributed by atoms with E-state index >= 15 is 0 Å². The second-order valence-corrected chi connectivity index (χ2v) is 8.73. The van der Waals surface area contributed by atoms with Gasteiger partial charge < -0.3 is 5.32 Å². The van der Waals surface area contributed by atoms with Gasteiger partial charge in [-0.15, -0.1) is 0 Å². The van der Waals surface area contributed by atoms with Crippen molar-refractivity contribution in [1.29, 1.82) is 0 Å². The maximum atomic E-state index is 11.2. The Morgan fingerprint density at radius 3 is 2.67 bits per heavy atom. The molecule has 0 spiro atoms. The normalized spacial score (nSPS) is 25.1. The van der Waals surface area contributed by atoms with Gasteiger partial charge in [0, 0.05) is 17.3 Å². The van der Waals surface area contributed by atoms with E-state index in [-0.39, 0.29) is 0 Å². The molecule has 5 nitrogen and oxygen atoms in total. The molecular formula is C11H21N3O2S2. The van der Waals surface area contributed by atoms with Gasteiger partial charge in [0.15, 0.2) is 5.17 Å². The van der Waals surface area contributed by atoms with E-state index in [4.69, 9.17) is 0 Å². The molecule has 7 heteroatoms. The molecule has 1 unspecified atom stereocenters. The van der Waals surface area contributed by atoms with Crippen molar-refractivity contribution in [2.45, 2.75) is 37.5 Å². The van der Waals surface area contributed by atoms with Crippen LogP contribution in [0.2, 0.25) is 0 Å². The van der Waals surface area contributed by atoms with Crippen LogP contribution in [0.25, 0.3) is 0 Å². The van der Waals surface area contributed by atoms with Crippen LogP contribution in [0.1, 0.15) is 26.7 Å². The molecule has 1 fully saturated rings. The second kappa shape index (κ2) is 5.02. The Morgan fingerprint density at radius 2 is 2.11 bits per heavy atom. The molecule has 1 aliphatic heterocycles. The van der Waals surface area contributed by atoms with E-state index in [1.807, 2.05) is 13.8 Å². The third-order valence-electron chi connectivity index (χ3n) is 2.97. The summed E-state index contributed by atoms with van der Waals surface area (Å²) in [5, 5.41) is 4.83. The predicted molar refractivity (Wildman–Crippen MR) is 76.5 cm³/mol. The number of rotatable bonds is 5. The van der Waals surface area contributed by atoms with E-state index in [1.54, 1.807) is 11.8 Å². The first kappa shape index (κ1) is 14.1. The lowest BCUT2D eigenvalue weighted by Crippen LogP contribution is -2.50. The van der Waals surface area contributed by atoms with Crippen molar-refractivity contribution < 1.29 is 8.42 Å². The Kier molecular flexibility index (Phi) is 3.94. The molecular weight excluding hydrogens is 270 g/mol. The minimum absolute atomic E-state index is 0.506. The van der Waals surface area contributed by atoms with Gasteiger partial charge in [-0.1, -0.05) is 11.8 Å². The Labute approximate surface area is 113 Å². The van der Waals surface area contributed by atoms with Crippen LogP contribution in [0.5, 0.6) is 0 Å². The average molecular weight is 291 g/mol. The van der Waals surface area contributed by atoms with E-state index < -0.39 is 15.6 Å². The van der Waals surface area contributed by atoms with Crippen molar-refractivity contribution in [1.82, 2.24) is 10.0 Å². The lowest BCUT2D eigenvalue weighted by Gasteiger charge is -2.25. The highest BCUT2D eigenvalue weighted by atomic mass is 32.2. The summed E-state index contributed by atoms with van der Waals surface area (Å²) in [6.07, 6.45) is 3.85. The van der Waals surface area contributed by atoms with Crippen molar-refractivity contribution in [2.75, 3.05) is 19.3 Å². The van der Waals surface area contributed by atoms with E-state index in [9.17, 15) is 8.42 Å². The van der Waals surface area contributed by atoms with E-state index in [0.29, 0.717) is 11.8 Å². The molecule has 2 N–H and O–H groups in total. The SMILES string of the molecule is CC(C)(CNC1=NCC(C2CC2)S1)NS(C)(=O)=O. The van der Waals surface area contributed by atoms with Crippen molar-refractivity contribution in [3.8, 4) is 0 Å². The summed E-state index contributed by atoms with van der Waals surface area (Å²) >= 11 is 1.80. The molecule has 0 saturated heterocycles. The highest BCUT2D eigenvalue weighted by Crippen LogP contribution is 2.41. The lowest BCUT2D eigenvalue weighted by molar-refractivity contribution is 0.450. The van der Waals surface area contributed by atoms with Crippen LogP contribution < -0.4 is 10.0 Å². The predicted octanol–water partition coefficient (Wildman–Crippen LogP) is 0.785. The fraction of sp³-hybridized carbons (Fsp3) is 0.909. The van der Waals surface area contributed by atoms with Crippen LogP contribution in [0.4, 0.5) is 0 Å². The topological polar surface area (TPSA) is 70.6 Å². The summed E-state index contributed by atoms with van der Waals surface area (Å²) in [6, 6.07) is 0. The Bertz CT molecular complexity index is 441. The lowest BCUT2D eigenvalue weighted by atomic mass is 10.1. The molecule has 104 valence electrons. The number of hydrogen-bond acceptors (Lipinski definition) is 5. The Balaban J connectivity index is 1.77. The minimum Gasteiger partial charge on any atom is -0.363 e. The van der Waals surface area contributed by atoms with Crippen molar-refractivity contribution in [3.05, 3.63) is 0 Å². The van der Waals surface area contributed by atoms with Crippen molar-refractivity contribution in [3.63, 3.8) is 0 Å². The summed E-state index contributed by atoms with van der Waals surface area (Å²) in [5.74, 6) is 0.847. The van der Waals surface area contributed by atoms with Crippen LogP contribution >= 0.6 is 11.8 Å². The fourth-order valence-electron chi connectivity index (χ4n) is 2.04. The van der Waals surface area contributed by atoms with Gasteiger partial charge in [0.25, 0.3) is 0 Å². The molecule has 1 heterocycles. The standard InChI is InChI=1S/C11H21N3O2S2/c1-11(2,14-18(3,15)16)7-13-10-12-6-9(17-10)8-4-5-8/h8-9,14H,4-7H2,1-3H3,(H,12,13). The summed E-state index contributed by atoms with van der Waals surface area (Å²) in [7, 11) is -3.18. The smallest absolute Gasteiger partial charge is 0.209 e. The molecule has 2 aliphatic rings. The van der Waals surface area contributed by atoms with Crippen LogP contribution in [-0.2, 0) is 10.0 Å². The molecule has 2 rings (SSSR count). The first-order valence-electron chi connectivity index (χ1n) is 6.19. The van der Waals surface area contributed by atoms with Crippen molar-refractivity contribution >= 4 is 27.0 Å². The molecule has 0 aromatic carbocycles. The third-order valence-corrected chi connectivity index (χ3v) is 5.23. The van der Waals surface area contributed by atoms with E-state index in [1.165, 1.54) is 19.1 Å². The molecule has 0 radical (unpaired) electrons. The van der Waals surface area contributed by atoms with E-state index in [0.717, 1.165) is 17.6 Å². The van der Waals surface area contributed by atoms with Crippen LogP contribution in [0.3, 0.4) is 0 Å². The molecule has 1 atom stereocenters. The van der Waals surface area contributed by atoms with Gasteiger partial charge in [0.2, 0.25) is 10.0 Å². The highest BCUT2D eigenvalue weighted by Gasteiger charge is 2.35. The third kappa shape index (κ3) is 4.44. The van der Waals surface area contributed by atoms with Gasteiger partial charge in [-0.2, -0.15) is 0 Å². The average Bonchev–Trinajstić information content (AvgIpc) is 2.92. The summed E-state index contributed by atoms with van der Waals surface area (Å²) in [5.41, 5.74) is -0.506. The number of aliphatic imine (C=N–C) groups is 1. The summed E-state index contributed by atoms with van der Waals surface area (Å²) in [6.45, 7) is 5.17. The number of nitrogens with zero attached hydrogens (tertiary/aromatic N) is 1. The van der Waals surface area contributed by atoms with Crippen LogP contribution in [0, 0.1) is 5.92 Å². The van der Waals surface area contributed by atoms with Crippen LogP contribution in [-0.4, -0.2) is 43.7 Å². The van der Waals surface area contributed by atoms with Gasteiger partial charge >= 0.3 is 0 Å². The molecule has 1 saturated carbocycles. The van der Waals surface area contributed by atoms with Gasteiger partial charge in [-0.05, 0) is 32.6 Å². The van der Waals surface area contributed by atoms with Gasteiger partial charge in [0.05, 0.1) is 12.8 Å². The van der Waals surface area contributed by atoms with Crippen molar-refractivity contribution in [2.24, 2.45) is 10.9 Å². The van der Waals surface area contributed by atoms with Gasteiger partial charge in [-0.3, -0.25) is 4.99 Å². The van der Waals surface area contributed by atoms with E-state index in [2.05, 4.69) is 15.0 Å². The monoisotopic (exact) mass is 291 g/mol. The number of amidine groups is 1. The number of hydrogen-bond donors (Lipinski definition) is 2. The second-order valence-electron chi connectivity index (χ2n) is 5.75. The largest absolute Gasteiger partial charge is 0.363 e. The first-order valence-corrected chi connectivity index (χ1v) is 8.96. The zero-order valence-corrected chi connectivity index (χ0v) is 12.7. The molecule has 0 aromatic heterocycles. The first-order chi connectivity index (χ1) is 8.25. The highest BCUT2D eigenvalue weighted by molar-refractivity contribution is 8.14. The number of nitrogens with one attached hydrogen (secondary N) is 2. The Hall–Kier alpha value is -0.270. The summed E-state index contributed by atoms with van der Waals surface area (Å²) in [4.78, 5) is 4.47. The quantitative estimate of drug-likeness (QED) is 0.785. The maximum absolute atomic E-state index is 11.2. The zero-order valence-electron chi connectivity index (χ0n) is 11.1. The fourth-order valence-corrected chi connectivity index (χ4v) is 4.32. The molecule has 18 heavy (non-hydrogen) atoms. The summed E-state index contributed by atoms with van der Waals surface area (Å²) < 4.78 is 25.0. The van der Waals surface area contributed by atoms with Gasteiger partial charge in [0.1, 0.15) is 0 Å². The molecule has 1 aliphatic carbocycles. The number of sulfonamides is 1. The van der Waals surface area contributed by atoms with Crippen LogP contribution in [0.15, 0.2) is 4.99 Å². The molecule has 0 bridgehead atoms. The van der Waals surface area contributed by atoms with Gasteiger partial charge in [-0.25, -0.2) is 13.1 Å².